The van der Waals surface area contributed by atoms with Crippen molar-refractivity contribution < 1.29 is 0 Å². The van der Waals surface area contributed by atoms with E-state index in [0.29, 0.717) is 23.2 Å². The molecule has 0 radical (unpaired) electrons. The molecule has 0 amide bonds. The van der Waals surface area contributed by atoms with Gasteiger partial charge < -0.3 is 4.57 Å². The van der Waals surface area contributed by atoms with Crippen LogP contribution in [0, 0.1) is 6.57 Å². The molecule has 0 unspecified atom stereocenters. The van der Waals surface area contributed by atoms with Crippen LogP contribution in [-0.4, -0.2) is 19.5 Å². The van der Waals surface area contributed by atoms with Crippen LogP contribution in [0.2, 0.25) is 0 Å². The summed E-state index contributed by atoms with van der Waals surface area (Å²) in [6.45, 7) is 7.94. The third-order valence-corrected chi connectivity index (χ3v) is 9.27. The van der Waals surface area contributed by atoms with Gasteiger partial charge in [-0.05, 0) is 58.7 Å². The molecule has 9 aromatic rings. The van der Waals surface area contributed by atoms with Gasteiger partial charge in [0.25, 0.3) is 0 Å². The van der Waals surface area contributed by atoms with Gasteiger partial charge >= 0.3 is 0 Å². The first kappa shape index (κ1) is 29.9. The summed E-state index contributed by atoms with van der Waals surface area (Å²) in [6, 6.07) is 60.0. The maximum absolute atomic E-state index is 7.94. The Hall–Kier alpha value is -7.16. The predicted molar refractivity (Wildman–Crippen MR) is 208 cm³/mol. The number of hydrogen-bond donors (Lipinski definition) is 0. The van der Waals surface area contributed by atoms with E-state index in [9.17, 15) is 0 Å². The lowest BCUT2D eigenvalue weighted by Gasteiger charge is -2.15. The van der Waals surface area contributed by atoms with Crippen molar-refractivity contribution >= 4 is 27.5 Å². The zero-order valence-electron chi connectivity index (χ0n) is 27.5. The minimum absolute atomic E-state index is 0.500. The second-order valence-corrected chi connectivity index (χ2v) is 12.4. The molecule has 2 aromatic heterocycles. The van der Waals surface area contributed by atoms with E-state index >= 15 is 0 Å². The van der Waals surface area contributed by atoms with Gasteiger partial charge in [-0.15, -0.1) is 0 Å². The summed E-state index contributed by atoms with van der Waals surface area (Å²) >= 11 is 0. The molecule has 5 nitrogen and oxygen atoms in total. The first-order chi connectivity index (χ1) is 25.2. The Kier molecular flexibility index (Phi) is 7.46. The van der Waals surface area contributed by atoms with Gasteiger partial charge in [0, 0.05) is 27.5 Å². The Morgan fingerprint density at radius 1 is 0.392 bits per heavy atom. The van der Waals surface area contributed by atoms with Crippen LogP contribution in [0.5, 0.6) is 0 Å². The van der Waals surface area contributed by atoms with E-state index in [2.05, 4.69) is 94.3 Å². The maximum Gasteiger partial charge on any atom is 0.188 e. The van der Waals surface area contributed by atoms with Crippen molar-refractivity contribution in [2.75, 3.05) is 0 Å². The third-order valence-electron chi connectivity index (χ3n) is 9.27. The van der Waals surface area contributed by atoms with Crippen molar-refractivity contribution in [3.63, 3.8) is 0 Å². The molecule has 0 N–H and O–H groups in total. The second-order valence-electron chi connectivity index (χ2n) is 12.4. The lowest BCUT2D eigenvalue weighted by Crippen LogP contribution is -2.03. The molecule has 51 heavy (non-hydrogen) atoms. The number of rotatable bonds is 6. The van der Waals surface area contributed by atoms with Gasteiger partial charge in [0.15, 0.2) is 23.2 Å². The van der Waals surface area contributed by atoms with Crippen LogP contribution in [0.3, 0.4) is 0 Å². The van der Waals surface area contributed by atoms with Gasteiger partial charge in [0.05, 0.1) is 23.3 Å². The summed E-state index contributed by atoms with van der Waals surface area (Å²) in [5.74, 6) is 1.64. The highest BCUT2D eigenvalue weighted by Crippen LogP contribution is 2.40. The molecule has 238 valence electrons. The molecule has 7 aromatic carbocycles. The highest BCUT2D eigenvalue weighted by atomic mass is 15.1. The van der Waals surface area contributed by atoms with Gasteiger partial charge in [-0.3, -0.25) is 0 Å². The van der Waals surface area contributed by atoms with Crippen molar-refractivity contribution in [3.8, 4) is 62.1 Å². The predicted octanol–water partition coefficient (Wildman–Crippen LogP) is 11.9. The van der Waals surface area contributed by atoms with Crippen LogP contribution in [-0.2, 0) is 0 Å². The maximum atomic E-state index is 7.94. The topological polar surface area (TPSA) is 48.0 Å². The highest BCUT2D eigenvalue weighted by molar-refractivity contribution is 6.12. The summed E-state index contributed by atoms with van der Waals surface area (Å²) in [7, 11) is 0. The summed E-state index contributed by atoms with van der Waals surface area (Å²) in [4.78, 5) is 18.9. The van der Waals surface area contributed by atoms with E-state index in [1.807, 2.05) is 91.0 Å². The zero-order chi connectivity index (χ0) is 34.1. The Bertz CT molecular complexity index is 2580. The number of hydrogen-bond acceptors (Lipinski definition) is 3. The van der Waals surface area contributed by atoms with Crippen LogP contribution in [0.1, 0.15) is 0 Å². The zero-order valence-corrected chi connectivity index (χ0v) is 27.5. The minimum Gasteiger partial charge on any atom is -0.309 e. The molecule has 2 heterocycles. The molecule has 0 aliphatic rings. The standard InChI is InChI=1S/C46H29N5/c1-47-37-24-27-43(40(30-37)46-49-44(33-18-10-4-11-19-33)48-45(50-46)34-20-12-5-13-21-34)51-41-25-22-35(31-14-6-2-7-15-31)28-38(41)39-29-36(23-26-42(39)51)32-16-8-3-9-17-32/h2-30H. The van der Waals surface area contributed by atoms with E-state index in [-0.39, 0.29) is 0 Å². The smallest absolute Gasteiger partial charge is 0.188 e. The minimum atomic E-state index is 0.500. The average Bonchev–Trinajstić information content (AvgIpc) is 3.54. The van der Waals surface area contributed by atoms with E-state index < -0.39 is 0 Å². The summed E-state index contributed by atoms with van der Waals surface area (Å²) in [6.07, 6.45) is 0. The SMILES string of the molecule is [C-]#[N+]c1ccc(-n2c3ccc(-c4ccccc4)cc3c3cc(-c4ccccc4)ccc32)c(-c2nc(-c3ccccc3)nc(-c3ccccc3)n2)c1. The lowest BCUT2D eigenvalue weighted by atomic mass is 10.0. The molecule has 9 rings (SSSR count). The van der Waals surface area contributed by atoms with Gasteiger partial charge in [-0.2, -0.15) is 0 Å². The monoisotopic (exact) mass is 651 g/mol. The summed E-state index contributed by atoms with van der Waals surface area (Å²) < 4.78 is 2.28. The fraction of sp³-hybridized carbons (Fsp3) is 0. The van der Waals surface area contributed by atoms with E-state index in [4.69, 9.17) is 21.5 Å². The summed E-state index contributed by atoms with van der Waals surface area (Å²) in [5, 5.41) is 2.27. The Balaban J connectivity index is 1.33. The first-order valence-electron chi connectivity index (χ1n) is 16.8. The van der Waals surface area contributed by atoms with Crippen molar-refractivity contribution in [2.24, 2.45) is 0 Å². The molecular formula is C46H29N5. The second kappa shape index (κ2) is 12.7. The molecule has 0 atom stereocenters. The van der Waals surface area contributed by atoms with Crippen molar-refractivity contribution in [1.82, 2.24) is 19.5 Å². The van der Waals surface area contributed by atoms with Crippen LogP contribution >= 0.6 is 0 Å². The fourth-order valence-electron chi connectivity index (χ4n) is 6.80. The fourth-order valence-corrected chi connectivity index (χ4v) is 6.80. The van der Waals surface area contributed by atoms with Crippen molar-refractivity contribution in [3.05, 3.63) is 187 Å². The molecule has 0 aliphatic heterocycles. The Morgan fingerprint density at radius 2 is 0.824 bits per heavy atom. The first-order valence-corrected chi connectivity index (χ1v) is 16.8. The molecule has 0 fully saturated rings. The Labute approximate surface area is 295 Å². The van der Waals surface area contributed by atoms with Crippen LogP contribution in [0.4, 0.5) is 5.69 Å². The number of aromatic nitrogens is 4. The normalized spacial score (nSPS) is 11.1. The van der Waals surface area contributed by atoms with Crippen molar-refractivity contribution in [1.29, 1.82) is 0 Å². The van der Waals surface area contributed by atoms with Gasteiger partial charge in [-0.1, -0.05) is 140 Å². The van der Waals surface area contributed by atoms with Crippen molar-refractivity contribution in [2.45, 2.75) is 0 Å². The largest absolute Gasteiger partial charge is 0.309 e. The lowest BCUT2D eigenvalue weighted by molar-refractivity contribution is 1.06. The van der Waals surface area contributed by atoms with Gasteiger partial charge in [-0.25, -0.2) is 19.8 Å². The van der Waals surface area contributed by atoms with Crippen LogP contribution < -0.4 is 0 Å². The van der Waals surface area contributed by atoms with E-state index in [0.717, 1.165) is 66.4 Å². The van der Waals surface area contributed by atoms with E-state index in [1.165, 1.54) is 0 Å². The highest BCUT2D eigenvalue weighted by Gasteiger charge is 2.21. The van der Waals surface area contributed by atoms with E-state index in [1.54, 1.807) is 0 Å². The molecule has 0 spiro atoms. The average molecular weight is 652 g/mol. The quantitative estimate of drug-likeness (QED) is 0.168. The molecule has 0 saturated carbocycles. The molecule has 0 aliphatic carbocycles. The third kappa shape index (κ3) is 5.51. The molecule has 0 saturated heterocycles. The number of benzene rings is 7. The summed E-state index contributed by atoms with van der Waals surface area (Å²) in [5.41, 5.74) is 10.6. The number of nitrogens with zero attached hydrogens (tertiary/aromatic N) is 5. The molecular weight excluding hydrogens is 623 g/mol. The Morgan fingerprint density at radius 3 is 1.27 bits per heavy atom. The van der Waals surface area contributed by atoms with Crippen LogP contribution in [0.15, 0.2) is 176 Å². The van der Waals surface area contributed by atoms with Crippen LogP contribution in [0.25, 0.3) is 88.8 Å². The van der Waals surface area contributed by atoms with Gasteiger partial charge in [0.1, 0.15) is 0 Å². The molecule has 0 bridgehead atoms. The molecule has 5 heteroatoms. The number of fused-ring (bicyclic) bond motifs is 3. The van der Waals surface area contributed by atoms with Gasteiger partial charge in [0.2, 0.25) is 0 Å².